The molecule has 1 amide bonds. The average molecular weight is 486 g/mol. The van der Waals surface area contributed by atoms with Gasteiger partial charge in [0.25, 0.3) is 11.9 Å². The van der Waals surface area contributed by atoms with Gasteiger partial charge < -0.3 is 10.1 Å². The zero-order chi connectivity index (χ0) is 24.0. The standard InChI is InChI=1S/C22H27N7O4S/c1-33-19-10-6-5-9-18(19)20(30)23-15-22(16-7-3-2-4-8-16)13-11-17(12-14-22)26-34(31,32)27-21-24-28-29-25-21/h2-10,17,26H,11-15H2,1H3,(H,23,30)(H2,24,25,27,28,29). The molecule has 0 aliphatic heterocycles. The predicted molar refractivity (Wildman–Crippen MR) is 126 cm³/mol. The van der Waals surface area contributed by atoms with E-state index in [1.165, 1.54) is 7.11 Å². The normalized spacial score (nSPS) is 20.4. The summed E-state index contributed by atoms with van der Waals surface area (Å²) < 4.78 is 35.1. The molecule has 12 heteroatoms. The molecule has 0 unspecified atom stereocenters. The minimum Gasteiger partial charge on any atom is -0.496 e. The van der Waals surface area contributed by atoms with Crippen molar-refractivity contribution >= 4 is 22.1 Å². The highest BCUT2D eigenvalue weighted by Gasteiger charge is 2.38. The number of ether oxygens (including phenoxy) is 1. The van der Waals surface area contributed by atoms with Crippen molar-refractivity contribution < 1.29 is 17.9 Å². The summed E-state index contributed by atoms with van der Waals surface area (Å²) in [4.78, 5) is 12.9. The molecule has 0 radical (unpaired) electrons. The van der Waals surface area contributed by atoms with Crippen molar-refractivity contribution in [2.45, 2.75) is 37.1 Å². The summed E-state index contributed by atoms with van der Waals surface area (Å²) >= 11 is 0. The number of benzene rings is 2. The molecule has 3 aromatic rings. The third kappa shape index (κ3) is 5.51. The lowest BCUT2D eigenvalue weighted by molar-refractivity contribution is 0.0932. The number of aromatic nitrogens is 4. The van der Waals surface area contributed by atoms with Crippen molar-refractivity contribution in [3.8, 4) is 5.75 Å². The number of anilines is 1. The third-order valence-electron chi connectivity index (χ3n) is 6.16. The molecule has 4 N–H and O–H groups in total. The van der Waals surface area contributed by atoms with E-state index in [0.29, 0.717) is 43.5 Å². The van der Waals surface area contributed by atoms with Crippen LogP contribution in [0.2, 0.25) is 0 Å². The summed E-state index contributed by atoms with van der Waals surface area (Å²) in [6, 6.07) is 16.8. The van der Waals surface area contributed by atoms with E-state index < -0.39 is 10.2 Å². The Morgan fingerprint density at radius 2 is 1.82 bits per heavy atom. The van der Waals surface area contributed by atoms with E-state index in [1.54, 1.807) is 18.2 Å². The lowest BCUT2D eigenvalue weighted by Crippen LogP contribution is -2.48. The molecule has 0 atom stereocenters. The van der Waals surface area contributed by atoms with Gasteiger partial charge in [0.15, 0.2) is 0 Å². The zero-order valence-corrected chi connectivity index (χ0v) is 19.5. The summed E-state index contributed by atoms with van der Waals surface area (Å²) in [5, 5.41) is 15.8. The number of para-hydroxylation sites is 1. The maximum atomic E-state index is 12.9. The fourth-order valence-corrected chi connectivity index (χ4v) is 5.46. The molecular formula is C22H27N7O4S. The number of nitrogens with one attached hydrogen (secondary N) is 4. The van der Waals surface area contributed by atoms with Crippen molar-refractivity contribution in [2.75, 3.05) is 18.4 Å². The van der Waals surface area contributed by atoms with Crippen molar-refractivity contribution in [3.05, 3.63) is 65.7 Å². The molecule has 1 saturated carbocycles. The molecule has 1 aliphatic carbocycles. The van der Waals surface area contributed by atoms with Crippen LogP contribution in [0.25, 0.3) is 0 Å². The Labute approximate surface area is 197 Å². The topological polar surface area (TPSA) is 151 Å². The fourth-order valence-electron chi connectivity index (χ4n) is 4.40. The van der Waals surface area contributed by atoms with Gasteiger partial charge in [0.2, 0.25) is 0 Å². The highest BCUT2D eigenvalue weighted by atomic mass is 32.2. The summed E-state index contributed by atoms with van der Waals surface area (Å²) in [5.74, 6) is 0.182. The monoisotopic (exact) mass is 485 g/mol. The van der Waals surface area contributed by atoms with E-state index in [-0.39, 0.29) is 23.3 Å². The van der Waals surface area contributed by atoms with E-state index in [2.05, 4.69) is 47.5 Å². The number of methoxy groups -OCH3 is 1. The molecular weight excluding hydrogens is 458 g/mol. The fraction of sp³-hybridized carbons (Fsp3) is 0.364. The van der Waals surface area contributed by atoms with Crippen LogP contribution in [-0.4, -0.2) is 54.6 Å². The van der Waals surface area contributed by atoms with Gasteiger partial charge in [-0.15, -0.1) is 5.10 Å². The predicted octanol–water partition coefficient (Wildman–Crippen LogP) is 1.77. The van der Waals surface area contributed by atoms with Gasteiger partial charge in [0, 0.05) is 18.0 Å². The molecule has 0 saturated heterocycles. The first-order valence-corrected chi connectivity index (χ1v) is 12.4. The average Bonchev–Trinajstić information content (AvgIpc) is 3.36. The lowest BCUT2D eigenvalue weighted by Gasteiger charge is -2.41. The van der Waals surface area contributed by atoms with E-state index in [9.17, 15) is 13.2 Å². The number of carbonyl (C=O) groups excluding carboxylic acids is 1. The van der Waals surface area contributed by atoms with Crippen LogP contribution < -0.4 is 19.5 Å². The van der Waals surface area contributed by atoms with Gasteiger partial charge in [-0.2, -0.15) is 18.4 Å². The van der Waals surface area contributed by atoms with E-state index >= 15 is 0 Å². The van der Waals surface area contributed by atoms with Crippen LogP contribution in [0, 0.1) is 0 Å². The second-order valence-electron chi connectivity index (χ2n) is 8.26. The molecule has 180 valence electrons. The van der Waals surface area contributed by atoms with Crippen LogP contribution in [0.15, 0.2) is 54.6 Å². The maximum Gasteiger partial charge on any atom is 0.301 e. The SMILES string of the molecule is COc1ccccc1C(=O)NCC1(c2ccccc2)CCC(NS(=O)(=O)Nc2nn[nH]n2)CC1. The van der Waals surface area contributed by atoms with Crippen LogP contribution in [0.4, 0.5) is 5.95 Å². The minimum atomic E-state index is -3.84. The lowest BCUT2D eigenvalue weighted by atomic mass is 9.68. The van der Waals surface area contributed by atoms with Crippen LogP contribution in [0.3, 0.4) is 0 Å². The molecule has 34 heavy (non-hydrogen) atoms. The molecule has 1 fully saturated rings. The van der Waals surface area contributed by atoms with Crippen LogP contribution in [0.1, 0.15) is 41.6 Å². The smallest absolute Gasteiger partial charge is 0.301 e. The number of nitrogens with zero attached hydrogens (tertiary/aromatic N) is 3. The summed E-state index contributed by atoms with van der Waals surface area (Å²) in [7, 11) is -2.31. The van der Waals surface area contributed by atoms with Crippen molar-refractivity contribution in [2.24, 2.45) is 0 Å². The number of H-pyrrole nitrogens is 1. The van der Waals surface area contributed by atoms with E-state index in [0.717, 1.165) is 5.56 Å². The molecule has 2 aromatic carbocycles. The number of amides is 1. The number of carbonyl (C=O) groups is 1. The Hall–Kier alpha value is -3.51. The van der Waals surface area contributed by atoms with Gasteiger partial charge in [0.05, 0.1) is 12.7 Å². The maximum absolute atomic E-state index is 12.9. The molecule has 1 heterocycles. The Morgan fingerprint density at radius 3 is 2.50 bits per heavy atom. The number of aromatic amines is 1. The Kier molecular flexibility index (Phi) is 7.08. The van der Waals surface area contributed by atoms with E-state index in [4.69, 9.17) is 4.74 Å². The Bertz CT molecular complexity index is 1200. The molecule has 4 rings (SSSR count). The summed E-state index contributed by atoms with van der Waals surface area (Å²) in [6.45, 7) is 0.425. The van der Waals surface area contributed by atoms with Gasteiger partial charge >= 0.3 is 10.2 Å². The van der Waals surface area contributed by atoms with E-state index in [1.807, 2.05) is 24.3 Å². The number of tetrazole rings is 1. The highest BCUT2D eigenvalue weighted by Crippen LogP contribution is 2.39. The molecule has 11 nitrogen and oxygen atoms in total. The largest absolute Gasteiger partial charge is 0.496 e. The molecule has 0 spiro atoms. The second kappa shape index (κ2) is 10.2. The molecule has 1 aromatic heterocycles. The zero-order valence-electron chi connectivity index (χ0n) is 18.7. The van der Waals surface area contributed by atoms with Gasteiger partial charge in [-0.25, -0.2) is 4.72 Å². The van der Waals surface area contributed by atoms with Gasteiger partial charge in [-0.1, -0.05) is 47.6 Å². The highest BCUT2D eigenvalue weighted by molar-refractivity contribution is 7.90. The van der Waals surface area contributed by atoms with Crippen LogP contribution >= 0.6 is 0 Å². The Balaban J connectivity index is 1.45. The first kappa shape index (κ1) is 23.6. The van der Waals surface area contributed by atoms with Crippen LogP contribution in [0.5, 0.6) is 5.75 Å². The molecule has 1 aliphatic rings. The first-order chi connectivity index (χ1) is 16.4. The Morgan fingerprint density at radius 1 is 1.12 bits per heavy atom. The first-order valence-electron chi connectivity index (χ1n) is 10.9. The van der Waals surface area contributed by atoms with Crippen molar-refractivity contribution in [1.82, 2.24) is 30.7 Å². The summed E-state index contributed by atoms with van der Waals surface area (Å²) in [5.41, 5.74) is 1.27. The quantitative estimate of drug-likeness (QED) is 0.360. The third-order valence-corrected chi connectivity index (χ3v) is 7.26. The van der Waals surface area contributed by atoms with Crippen molar-refractivity contribution in [3.63, 3.8) is 0 Å². The molecule has 0 bridgehead atoms. The van der Waals surface area contributed by atoms with Gasteiger partial charge in [-0.3, -0.25) is 4.79 Å². The summed E-state index contributed by atoms with van der Waals surface area (Å²) in [6.07, 6.45) is 2.59. The number of hydrogen-bond acceptors (Lipinski definition) is 7. The second-order valence-corrected chi connectivity index (χ2v) is 9.71. The van der Waals surface area contributed by atoms with Gasteiger partial charge in [-0.05, 0) is 48.6 Å². The van der Waals surface area contributed by atoms with Crippen LogP contribution in [-0.2, 0) is 15.6 Å². The van der Waals surface area contributed by atoms with Crippen molar-refractivity contribution in [1.29, 1.82) is 0 Å². The minimum absolute atomic E-state index is 0.124. The number of rotatable bonds is 9. The van der Waals surface area contributed by atoms with Gasteiger partial charge in [0.1, 0.15) is 5.75 Å². The number of hydrogen-bond donors (Lipinski definition) is 4.